The first kappa shape index (κ1) is 14.3. The quantitative estimate of drug-likeness (QED) is 0.831. The van der Waals surface area contributed by atoms with E-state index in [4.69, 9.17) is 0 Å². The molecule has 0 aromatic rings. The monoisotopic (exact) mass is 279 g/mol. The van der Waals surface area contributed by atoms with E-state index in [9.17, 15) is 4.79 Å². The molecule has 4 heteroatoms. The Balaban J connectivity index is 1.48. The maximum Gasteiger partial charge on any atom is 0.236 e. The number of hydrogen-bond donors (Lipinski definition) is 1. The molecule has 3 aliphatic heterocycles. The van der Waals surface area contributed by atoms with Gasteiger partial charge in [0.15, 0.2) is 0 Å². The highest BCUT2D eigenvalue weighted by Gasteiger charge is 2.35. The summed E-state index contributed by atoms with van der Waals surface area (Å²) in [5.41, 5.74) is 0. The van der Waals surface area contributed by atoms with Crippen molar-refractivity contribution in [1.29, 1.82) is 0 Å². The largest absolute Gasteiger partial charge is 0.342 e. The lowest BCUT2D eigenvalue weighted by molar-refractivity contribution is -0.132. The van der Waals surface area contributed by atoms with Crippen LogP contribution in [0.4, 0.5) is 0 Å². The summed E-state index contributed by atoms with van der Waals surface area (Å²) < 4.78 is 0. The fourth-order valence-corrected chi connectivity index (χ4v) is 4.05. The van der Waals surface area contributed by atoms with Gasteiger partial charge in [-0.25, -0.2) is 0 Å². The summed E-state index contributed by atoms with van der Waals surface area (Å²) in [4.78, 5) is 17.0. The van der Waals surface area contributed by atoms with Crippen molar-refractivity contribution in [3.8, 4) is 0 Å². The molecule has 3 heterocycles. The summed E-state index contributed by atoms with van der Waals surface area (Å²) >= 11 is 0. The first-order valence-corrected chi connectivity index (χ1v) is 8.56. The lowest BCUT2D eigenvalue weighted by Gasteiger charge is -2.27. The first-order valence-electron chi connectivity index (χ1n) is 8.56. The van der Waals surface area contributed by atoms with E-state index in [1.165, 1.54) is 44.9 Å². The van der Waals surface area contributed by atoms with Crippen molar-refractivity contribution >= 4 is 5.91 Å². The summed E-state index contributed by atoms with van der Waals surface area (Å²) in [6, 6.07) is 0.642. The molecule has 2 atom stereocenters. The molecule has 3 fully saturated rings. The third kappa shape index (κ3) is 3.53. The minimum Gasteiger partial charge on any atom is -0.342 e. The molecule has 1 amide bonds. The van der Waals surface area contributed by atoms with E-state index in [1.54, 1.807) is 0 Å². The van der Waals surface area contributed by atoms with Gasteiger partial charge in [0.1, 0.15) is 0 Å². The van der Waals surface area contributed by atoms with Crippen molar-refractivity contribution in [2.45, 2.75) is 51.0 Å². The molecule has 0 bridgehead atoms. The van der Waals surface area contributed by atoms with E-state index in [2.05, 4.69) is 15.1 Å². The summed E-state index contributed by atoms with van der Waals surface area (Å²) in [6.45, 7) is 5.97. The highest BCUT2D eigenvalue weighted by molar-refractivity contribution is 5.78. The van der Waals surface area contributed by atoms with Gasteiger partial charge in [0.2, 0.25) is 5.91 Å². The summed E-state index contributed by atoms with van der Waals surface area (Å²) in [5.74, 6) is 1.15. The Hall–Kier alpha value is -0.610. The van der Waals surface area contributed by atoms with E-state index in [-0.39, 0.29) is 0 Å². The second-order valence-corrected chi connectivity index (χ2v) is 6.81. The average Bonchev–Trinajstić information content (AvgIpc) is 2.80. The standard InChI is InChI=1S/C16H29N3O/c20-16(19-9-4-2-1-3-5-10-19)13-18-11-14-7-6-8-17-15(14)12-18/h14-15,17H,1-13H2. The first-order chi connectivity index (χ1) is 9.83. The highest BCUT2D eigenvalue weighted by atomic mass is 16.2. The molecule has 3 saturated heterocycles. The van der Waals surface area contributed by atoms with Gasteiger partial charge >= 0.3 is 0 Å². The Kier molecular flexibility index (Phi) is 4.94. The predicted octanol–water partition coefficient (Wildman–Crippen LogP) is 1.46. The van der Waals surface area contributed by atoms with Gasteiger partial charge in [0, 0.05) is 32.2 Å². The van der Waals surface area contributed by atoms with Gasteiger partial charge in [-0.2, -0.15) is 0 Å². The van der Waals surface area contributed by atoms with Crippen molar-refractivity contribution in [3.05, 3.63) is 0 Å². The molecule has 4 nitrogen and oxygen atoms in total. The molecule has 3 aliphatic rings. The number of carbonyl (C=O) groups excluding carboxylic acids is 1. The van der Waals surface area contributed by atoms with Crippen LogP contribution in [0.25, 0.3) is 0 Å². The van der Waals surface area contributed by atoms with Crippen LogP contribution in [0.15, 0.2) is 0 Å². The molecule has 114 valence electrons. The number of nitrogens with one attached hydrogen (secondary N) is 1. The van der Waals surface area contributed by atoms with E-state index in [0.29, 0.717) is 18.5 Å². The Morgan fingerprint density at radius 1 is 1.00 bits per heavy atom. The van der Waals surface area contributed by atoms with Crippen LogP contribution in [-0.2, 0) is 4.79 Å². The number of carbonyl (C=O) groups is 1. The summed E-state index contributed by atoms with van der Waals surface area (Å²) in [6.07, 6.45) is 8.96. The highest BCUT2D eigenvalue weighted by Crippen LogP contribution is 2.24. The molecule has 0 spiro atoms. The van der Waals surface area contributed by atoms with Crippen LogP contribution < -0.4 is 5.32 Å². The third-order valence-electron chi connectivity index (χ3n) is 5.24. The van der Waals surface area contributed by atoms with E-state index < -0.39 is 0 Å². The molecule has 20 heavy (non-hydrogen) atoms. The van der Waals surface area contributed by atoms with Crippen molar-refractivity contribution in [2.24, 2.45) is 5.92 Å². The smallest absolute Gasteiger partial charge is 0.236 e. The number of nitrogens with zero attached hydrogens (tertiary/aromatic N) is 2. The van der Waals surface area contributed by atoms with Gasteiger partial charge in [-0.05, 0) is 38.1 Å². The topological polar surface area (TPSA) is 35.6 Å². The van der Waals surface area contributed by atoms with Crippen LogP contribution in [0.3, 0.4) is 0 Å². The van der Waals surface area contributed by atoms with Crippen LogP contribution in [0, 0.1) is 5.92 Å². The maximum atomic E-state index is 12.5. The van der Waals surface area contributed by atoms with Gasteiger partial charge in [-0.3, -0.25) is 9.69 Å². The van der Waals surface area contributed by atoms with Gasteiger partial charge in [-0.1, -0.05) is 19.3 Å². The minimum atomic E-state index is 0.366. The van der Waals surface area contributed by atoms with Crippen molar-refractivity contribution in [2.75, 3.05) is 39.3 Å². The molecular weight excluding hydrogens is 250 g/mol. The second kappa shape index (κ2) is 6.90. The van der Waals surface area contributed by atoms with Crippen LogP contribution in [0.2, 0.25) is 0 Å². The lowest BCUT2D eigenvalue weighted by atomic mass is 9.94. The molecule has 0 aromatic heterocycles. The van der Waals surface area contributed by atoms with Crippen LogP contribution in [0.1, 0.15) is 44.9 Å². The van der Waals surface area contributed by atoms with Crippen molar-refractivity contribution < 1.29 is 4.79 Å². The Morgan fingerprint density at radius 2 is 1.75 bits per heavy atom. The summed E-state index contributed by atoms with van der Waals surface area (Å²) in [5, 5.41) is 3.62. The molecule has 0 aromatic carbocycles. The number of fused-ring (bicyclic) bond motifs is 1. The fourth-order valence-electron chi connectivity index (χ4n) is 4.05. The minimum absolute atomic E-state index is 0.366. The zero-order valence-corrected chi connectivity index (χ0v) is 12.6. The zero-order chi connectivity index (χ0) is 13.8. The van der Waals surface area contributed by atoms with Crippen LogP contribution >= 0.6 is 0 Å². The number of rotatable bonds is 2. The molecule has 2 unspecified atom stereocenters. The van der Waals surface area contributed by atoms with E-state index in [0.717, 1.165) is 38.6 Å². The van der Waals surface area contributed by atoms with Crippen LogP contribution in [0.5, 0.6) is 0 Å². The summed E-state index contributed by atoms with van der Waals surface area (Å²) in [7, 11) is 0. The fraction of sp³-hybridized carbons (Fsp3) is 0.938. The molecular formula is C16H29N3O. The maximum absolute atomic E-state index is 12.5. The third-order valence-corrected chi connectivity index (χ3v) is 5.24. The van der Waals surface area contributed by atoms with Crippen molar-refractivity contribution in [3.63, 3.8) is 0 Å². The second-order valence-electron chi connectivity index (χ2n) is 6.81. The number of amides is 1. The van der Waals surface area contributed by atoms with Gasteiger partial charge in [-0.15, -0.1) is 0 Å². The lowest BCUT2D eigenvalue weighted by Crippen LogP contribution is -2.42. The predicted molar refractivity (Wildman–Crippen MR) is 80.6 cm³/mol. The Morgan fingerprint density at radius 3 is 2.50 bits per heavy atom. The van der Waals surface area contributed by atoms with E-state index in [1.807, 2.05) is 0 Å². The van der Waals surface area contributed by atoms with Gasteiger partial charge in [0.05, 0.1) is 6.54 Å². The number of piperidine rings is 1. The average molecular weight is 279 g/mol. The van der Waals surface area contributed by atoms with E-state index >= 15 is 0 Å². The number of hydrogen-bond acceptors (Lipinski definition) is 3. The van der Waals surface area contributed by atoms with Crippen molar-refractivity contribution in [1.82, 2.24) is 15.1 Å². The van der Waals surface area contributed by atoms with Gasteiger partial charge in [0.25, 0.3) is 0 Å². The van der Waals surface area contributed by atoms with Gasteiger partial charge < -0.3 is 10.2 Å². The molecule has 0 saturated carbocycles. The van der Waals surface area contributed by atoms with Crippen LogP contribution in [-0.4, -0.2) is 61.0 Å². The number of likely N-dealkylation sites (tertiary alicyclic amines) is 2. The SMILES string of the molecule is O=C(CN1CC2CCCNC2C1)N1CCCCCCC1. The Bertz CT molecular complexity index is 312. The molecule has 1 N–H and O–H groups in total. The molecule has 0 radical (unpaired) electrons. The molecule has 3 rings (SSSR count). The zero-order valence-electron chi connectivity index (χ0n) is 12.6. The Labute approximate surface area is 122 Å². The normalized spacial score (nSPS) is 32.5. The molecule has 0 aliphatic carbocycles.